The highest BCUT2D eigenvalue weighted by Gasteiger charge is 2.08. The maximum atomic E-state index is 6.29. The quantitative estimate of drug-likeness (QED) is 0.734. The summed E-state index contributed by atoms with van der Waals surface area (Å²) >= 11 is 6.29. The zero-order valence-corrected chi connectivity index (χ0v) is 14.0. The molecule has 0 aliphatic heterocycles. The first-order valence-corrected chi connectivity index (χ1v) is 7.73. The molecule has 3 nitrogen and oxygen atoms in total. The van der Waals surface area contributed by atoms with Crippen molar-refractivity contribution in [1.29, 1.82) is 0 Å². The average Bonchev–Trinajstić information content (AvgIpc) is 2.64. The molecule has 2 aromatic carbocycles. The molecule has 0 radical (unpaired) electrons. The zero-order chi connectivity index (χ0) is 16.7. The van der Waals surface area contributed by atoms with Crippen LogP contribution >= 0.6 is 11.6 Å². The molecule has 0 aliphatic carbocycles. The molecule has 0 saturated carbocycles. The highest BCUT2D eigenvalue weighted by atomic mass is 35.5. The lowest BCUT2D eigenvalue weighted by Gasteiger charge is -2.10. The summed E-state index contributed by atoms with van der Waals surface area (Å²) in [7, 11) is 3.40. The molecule has 0 spiro atoms. The first kappa shape index (κ1) is 17.0. The molecule has 0 atom stereocenters. The largest absolute Gasteiger partial charge is 0.388 e. The fraction of sp³-hybridized carbons (Fsp3) is 0.105. The van der Waals surface area contributed by atoms with Crippen LogP contribution in [-0.4, -0.2) is 19.1 Å². The summed E-state index contributed by atoms with van der Waals surface area (Å²) in [4.78, 5) is 4.76. The van der Waals surface area contributed by atoms with E-state index in [0.29, 0.717) is 5.02 Å². The second-order valence-corrected chi connectivity index (χ2v) is 5.13. The number of nitrogens with two attached hydrogens (primary N) is 1. The molecule has 0 aliphatic rings. The highest BCUT2D eigenvalue weighted by molar-refractivity contribution is 6.33. The van der Waals surface area contributed by atoms with Crippen molar-refractivity contribution in [2.24, 2.45) is 5.73 Å². The Labute approximate surface area is 142 Å². The molecule has 0 amide bonds. The molecule has 3 rings (SSSR count). The SMILES string of the molecule is CN.CNc1cc(-c2ccccc2)nc(-c2ccccc2Cl)c1. The van der Waals surface area contributed by atoms with Crippen LogP contribution < -0.4 is 11.1 Å². The van der Waals surface area contributed by atoms with Crippen molar-refractivity contribution in [3.63, 3.8) is 0 Å². The molecule has 23 heavy (non-hydrogen) atoms. The third-order valence-corrected chi connectivity index (χ3v) is 3.66. The Hall–Kier alpha value is -2.36. The molecule has 118 valence electrons. The number of nitrogens with one attached hydrogen (secondary N) is 1. The van der Waals surface area contributed by atoms with Gasteiger partial charge >= 0.3 is 0 Å². The first-order valence-electron chi connectivity index (χ1n) is 7.36. The maximum Gasteiger partial charge on any atom is 0.0745 e. The molecule has 1 heterocycles. The summed E-state index contributed by atoms with van der Waals surface area (Å²) in [6, 6.07) is 21.9. The number of hydrogen-bond acceptors (Lipinski definition) is 3. The maximum absolute atomic E-state index is 6.29. The Morgan fingerprint density at radius 2 is 1.48 bits per heavy atom. The molecule has 4 heteroatoms. The van der Waals surface area contributed by atoms with Gasteiger partial charge in [-0.25, -0.2) is 4.98 Å². The molecular formula is C19H20ClN3. The van der Waals surface area contributed by atoms with Gasteiger partial charge in [0, 0.05) is 28.9 Å². The van der Waals surface area contributed by atoms with Crippen LogP contribution in [0.3, 0.4) is 0 Å². The molecule has 0 saturated heterocycles. The average molecular weight is 326 g/mol. The molecule has 1 aromatic heterocycles. The highest BCUT2D eigenvalue weighted by Crippen LogP contribution is 2.30. The number of aromatic nitrogens is 1. The molecule has 3 aromatic rings. The van der Waals surface area contributed by atoms with E-state index in [0.717, 1.165) is 28.2 Å². The molecular weight excluding hydrogens is 306 g/mol. The summed E-state index contributed by atoms with van der Waals surface area (Å²) in [6.07, 6.45) is 0. The Balaban J connectivity index is 0.000000924. The minimum absolute atomic E-state index is 0.706. The minimum Gasteiger partial charge on any atom is -0.388 e. The van der Waals surface area contributed by atoms with E-state index in [1.807, 2.05) is 61.6 Å². The van der Waals surface area contributed by atoms with Gasteiger partial charge in [-0.15, -0.1) is 0 Å². The fourth-order valence-electron chi connectivity index (χ4n) is 2.24. The van der Waals surface area contributed by atoms with Crippen molar-refractivity contribution in [1.82, 2.24) is 4.98 Å². The monoisotopic (exact) mass is 325 g/mol. The van der Waals surface area contributed by atoms with Crippen molar-refractivity contribution in [2.45, 2.75) is 0 Å². The van der Waals surface area contributed by atoms with E-state index in [9.17, 15) is 0 Å². The van der Waals surface area contributed by atoms with Crippen LogP contribution in [0, 0.1) is 0 Å². The zero-order valence-electron chi connectivity index (χ0n) is 13.3. The van der Waals surface area contributed by atoms with Crippen LogP contribution in [0.5, 0.6) is 0 Å². The van der Waals surface area contributed by atoms with E-state index in [-0.39, 0.29) is 0 Å². The van der Waals surface area contributed by atoms with Crippen LogP contribution in [0.1, 0.15) is 0 Å². The summed E-state index contributed by atoms with van der Waals surface area (Å²) < 4.78 is 0. The fourth-order valence-corrected chi connectivity index (χ4v) is 2.47. The predicted molar refractivity (Wildman–Crippen MR) is 99.8 cm³/mol. The van der Waals surface area contributed by atoms with Gasteiger partial charge in [0.15, 0.2) is 0 Å². The van der Waals surface area contributed by atoms with Crippen molar-refractivity contribution >= 4 is 17.3 Å². The second kappa shape index (κ2) is 8.32. The van der Waals surface area contributed by atoms with Crippen LogP contribution in [0.2, 0.25) is 5.02 Å². The Kier molecular flexibility index (Phi) is 6.15. The lowest BCUT2D eigenvalue weighted by Crippen LogP contribution is -1.94. The standard InChI is InChI=1S/C18H15ClN2.CH5N/c1-20-14-11-17(13-7-3-2-4-8-13)21-18(12-14)15-9-5-6-10-16(15)19;1-2/h2-12H,1H3,(H,20,21);2H2,1H3. The predicted octanol–water partition coefficient (Wildman–Crippen LogP) is 4.69. The Morgan fingerprint density at radius 3 is 2.13 bits per heavy atom. The normalized spacial score (nSPS) is 9.74. The number of hydrogen-bond donors (Lipinski definition) is 2. The molecule has 3 N–H and O–H groups in total. The number of benzene rings is 2. The Morgan fingerprint density at radius 1 is 0.870 bits per heavy atom. The van der Waals surface area contributed by atoms with Gasteiger partial charge in [-0.3, -0.25) is 0 Å². The minimum atomic E-state index is 0.706. The van der Waals surface area contributed by atoms with E-state index in [1.165, 1.54) is 7.05 Å². The number of pyridine rings is 1. The van der Waals surface area contributed by atoms with Gasteiger partial charge in [-0.2, -0.15) is 0 Å². The third kappa shape index (κ3) is 4.09. The van der Waals surface area contributed by atoms with Crippen molar-refractivity contribution < 1.29 is 0 Å². The van der Waals surface area contributed by atoms with Gasteiger partial charge < -0.3 is 11.1 Å². The van der Waals surface area contributed by atoms with Gasteiger partial charge in [-0.1, -0.05) is 60.1 Å². The summed E-state index contributed by atoms with van der Waals surface area (Å²) in [6.45, 7) is 0. The lowest BCUT2D eigenvalue weighted by molar-refractivity contribution is 1.31. The van der Waals surface area contributed by atoms with E-state index in [1.54, 1.807) is 0 Å². The molecule has 0 fully saturated rings. The first-order chi connectivity index (χ1) is 11.3. The van der Waals surface area contributed by atoms with Crippen molar-refractivity contribution in [3.8, 4) is 22.5 Å². The van der Waals surface area contributed by atoms with Crippen molar-refractivity contribution in [3.05, 3.63) is 71.8 Å². The van der Waals surface area contributed by atoms with Crippen LogP contribution in [0.4, 0.5) is 5.69 Å². The van der Waals surface area contributed by atoms with Crippen LogP contribution in [0.25, 0.3) is 22.5 Å². The van der Waals surface area contributed by atoms with Crippen LogP contribution in [-0.2, 0) is 0 Å². The smallest absolute Gasteiger partial charge is 0.0745 e. The molecule has 0 bridgehead atoms. The lowest BCUT2D eigenvalue weighted by atomic mass is 10.1. The number of anilines is 1. The van der Waals surface area contributed by atoms with Crippen LogP contribution in [0.15, 0.2) is 66.7 Å². The summed E-state index contributed by atoms with van der Waals surface area (Å²) in [5.41, 5.74) is 9.33. The van der Waals surface area contributed by atoms with E-state index < -0.39 is 0 Å². The van der Waals surface area contributed by atoms with E-state index >= 15 is 0 Å². The van der Waals surface area contributed by atoms with Gasteiger partial charge in [-0.05, 0) is 25.2 Å². The molecule has 0 unspecified atom stereocenters. The Bertz CT molecular complexity index is 758. The van der Waals surface area contributed by atoms with Gasteiger partial charge in [0.05, 0.1) is 11.4 Å². The number of rotatable bonds is 3. The third-order valence-electron chi connectivity index (χ3n) is 3.33. The summed E-state index contributed by atoms with van der Waals surface area (Å²) in [5, 5.41) is 3.89. The van der Waals surface area contributed by atoms with Gasteiger partial charge in [0.25, 0.3) is 0 Å². The number of nitrogens with zero attached hydrogens (tertiary/aromatic N) is 1. The van der Waals surface area contributed by atoms with E-state index in [2.05, 4.69) is 23.2 Å². The van der Waals surface area contributed by atoms with Gasteiger partial charge in [0.1, 0.15) is 0 Å². The van der Waals surface area contributed by atoms with Crippen molar-refractivity contribution in [2.75, 3.05) is 19.4 Å². The van der Waals surface area contributed by atoms with E-state index in [4.69, 9.17) is 16.6 Å². The topological polar surface area (TPSA) is 50.9 Å². The van der Waals surface area contributed by atoms with Gasteiger partial charge in [0.2, 0.25) is 0 Å². The summed E-state index contributed by atoms with van der Waals surface area (Å²) in [5.74, 6) is 0. The second-order valence-electron chi connectivity index (χ2n) is 4.72. The number of halogens is 1.